The molecule has 34 heavy (non-hydrogen) atoms. The standard InChI is InChI=1S/C25H29F2N3O4/c1-29(2)24-21(33-24)11-18(30-12-16-4-3-5-17(28)22(16)23(30)31)15-8-9-19(34-25(26)27)20(10-15)32-13-14-6-7-14/h3-5,8-10,14,18,21,24-25H,6-7,11-13,28H2,1-2H3. The topological polar surface area (TPSA) is 80.6 Å². The molecule has 2 aromatic carbocycles. The Kier molecular flexibility index (Phi) is 6.07. The van der Waals surface area contributed by atoms with Gasteiger partial charge in [0.1, 0.15) is 12.3 Å². The van der Waals surface area contributed by atoms with Gasteiger partial charge in [-0.2, -0.15) is 8.78 Å². The first-order chi connectivity index (χ1) is 16.3. The molecular formula is C25H29F2N3O4. The molecule has 0 radical (unpaired) electrons. The van der Waals surface area contributed by atoms with Crippen LogP contribution in [0, 0.1) is 5.92 Å². The highest BCUT2D eigenvalue weighted by atomic mass is 19.3. The molecule has 5 rings (SSSR count). The third-order valence-electron chi connectivity index (χ3n) is 6.63. The van der Waals surface area contributed by atoms with Gasteiger partial charge < -0.3 is 24.8 Å². The van der Waals surface area contributed by atoms with E-state index in [-0.39, 0.29) is 35.8 Å². The van der Waals surface area contributed by atoms with Gasteiger partial charge in [0.2, 0.25) is 0 Å². The van der Waals surface area contributed by atoms with Crippen molar-refractivity contribution < 1.29 is 27.8 Å². The van der Waals surface area contributed by atoms with Crippen molar-refractivity contribution in [1.82, 2.24) is 9.80 Å². The predicted molar refractivity (Wildman–Crippen MR) is 122 cm³/mol. The molecule has 1 saturated carbocycles. The van der Waals surface area contributed by atoms with Crippen molar-refractivity contribution in [2.75, 3.05) is 26.4 Å². The summed E-state index contributed by atoms with van der Waals surface area (Å²) in [7, 11) is 3.88. The second-order valence-corrected chi connectivity index (χ2v) is 9.43. The highest BCUT2D eigenvalue weighted by Gasteiger charge is 2.45. The van der Waals surface area contributed by atoms with Crippen LogP contribution in [0.4, 0.5) is 14.5 Å². The first-order valence-corrected chi connectivity index (χ1v) is 11.5. The fraction of sp³-hybridized carbons (Fsp3) is 0.480. The molecule has 3 aliphatic rings. The van der Waals surface area contributed by atoms with Crippen molar-refractivity contribution >= 4 is 11.6 Å². The normalized spacial score (nSPS) is 22.3. The van der Waals surface area contributed by atoms with Gasteiger partial charge in [0.15, 0.2) is 11.5 Å². The molecule has 0 spiro atoms. The summed E-state index contributed by atoms with van der Waals surface area (Å²) in [4.78, 5) is 17.2. The summed E-state index contributed by atoms with van der Waals surface area (Å²) in [6.45, 7) is -2.09. The van der Waals surface area contributed by atoms with E-state index in [1.807, 2.05) is 31.1 Å². The van der Waals surface area contributed by atoms with Crippen LogP contribution in [0.3, 0.4) is 0 Å². The number of anilines is 1. The number of carbonyl (C=O) groups excluding carboxylic acids is 1. The summed E-state index contributed by atoms with van der Waals surface area (Å²) < 4.78 is 42.4. The van der Waals surface area contributed by atoms with Gasteiger partial charge in [0.25, 0.3) is 5.91 Å². The number of nitrogens with zero attached hydrogens (tertiary/aromatic N) is 2. The van der Waals surface area contributed by atoms with Gasteiger partial charge in [-0.15, -0.1) is 0 Å². The van der Waals surface area contributed by atoms with Crippen LogP contribution in [-0.4, -0.2) is 55.4 Å². The lowest BCUT2D eigenvalue weighted by Crippen LogP contribution is -2.31. The van der Waals surface area contributed by atoms with Crippen LogP contribution >= 0.6 is 0 Å². The molecule has 182 valence electrons. The van der Waals surface area contributed by atoms with E-state index < -0.39 is 6.61 Å². The highest BCUT2D eigenvalue weighted by Crippen LogP contribution is 2.43. The van der Waals surface area contributed by atoms with Crippen LogP contribution in [0.5, 0.6) is 11.5 Å². The first-order valence-electron chi connectivity index (χ1n) is 11.5. The molecule has 0 bridgehead atoms. The molecule has 7 nitrogen and oxygen atoms in total. The Labute approximate surface area is 197 Å². The summed E-state index contributed by atoms with van der Waals surface area (Å²) in [5, 5.41) is 0. The number of carbonyl (C=O) groups is 1. The van der Waals surface area contributed by atoms with Gasteiger partial charge in [-0.3, -0.25) is 9.69 Å². The minimum Gasteiger partial charge on any atom is -0.489 e. The maximum absolute atomic E-state index is 13.4. The number of rotatable bonds is 10. The summed E-state index contributed by atoms with van der Waals surface area (Å²) in [6, 6.07) is 10.1. The van der Waals surface area contributed by atoms with Crippen molar-refractivity contribution in [2.24, 2.45) is 5.92 Å². The van der Waals surface area contributed by atoms with Crippen LogP contribution in [-0.2, 0) is 11.3 Å². The van der Waals surface area contributed by atoms with E-state index in [2.05, 4.69) is 0 Å². The Morgan fingerprint density at radius 2 is 2.00 bits per heavy atom. The van der Waals surface area contributed by atoms with Crippen LogP contribution in [0.25, 0.3) is 0 Å². The maximum Gasteiger partial charge on any atom is 0.387 e. The number of nitrogens with two attached hydrogens (primary N) is 1. The van der Waals surface area contributed by atoms with Gasteiger partial charge in [-0.05, 0) is 62.2 Å². The number of epoxide rings is 1. The average molecular weight is 474 g/mol. The molecule has 3 unspecified atom stereocenters. The Hall–Kier alpha value is -2.91. The van der Waals surface area contributed by atoms with Crippen LogP contribution in [0.2, 0.25) is 0 Å². The lowest BCUT2D eigenvalue weighted by molar-refractivity contribution is -0.0515. The number of ether oxygens (including phenoxy) is 3. The van der Waals surface area contributed by atoms with Gasteiger partial charge in [0, 0.05) is 18.7 Å². The smallest absolute Gasteiger partial charge is 0.387 e. The summed E-state index contributed by atoms with van der Waals surface area (Å²) in [6.07, 6.45) is 2.61. The monoisotopic (exact) mass is 473 g/mol. The van der Waals surface area contributed by atoms with E-state index in [0.29, 0.717) is 36.7 Å². The van der Waals surface area contributed by atoms with Crippen molar-refractivity contribution in [3.63, 3.8) is 0 Å². The fourth-order valence-electron chi connectivity index (χ4n) is 4.62. The molecule has 9 heteroatoms. The van der Waals surface area contributed by atoms with Crippen LogP contribution < -0.4 is 15.2 Å². The van der Waals surface area contributed by atoms with E-state index in [1.165, 1.54) is 6.07 Å². The largest absolute Gasteiger partial charge is 0.489 e. The minimum absolute atomic E-state index is 0.00716. The number of nitrogen functional groups attached to an aromatic ring is 1. The summed E-state index contributed by atoms with van der Waals surface area (Å²) in [5.74, 6) is 0.553. The number of hydrogen-bond acceptors (Lipinski definition) is 6. The molecule has 1 saturated heterocycles. The third kappa shape index (κ3) is 4.67. The van der Waals surface area contributed by atoms with Gasteiger partial charge in [-0.25, -0.2) is 0 Å². The summed E-state index contributed by atoms with van der Waals surface area (Å²) >= 11 is 0. The Bertz CT molecular complexity index is 1080. The Morgan fingerprint density at radius 3 is 2.65 bits per heavy atom. The average Bonchev–Trinajstić information content (AvgIpc) is 3.70. The molecule has 2 fully saturated rings. The third-order valence-corrected chi connectivity index (χ3v) is 6.63. The fourth-order valence-corrected chi connectivity index (χ4v) is 4.62. The molecule has 1 amide bonds. The van der Waals surface area contributed by atoms with E-state index in [9.17, 15) is 13.6 Å². The van der Waals surface area contributed by atoms with Gasteiger partial charge >= 0.3 is 6.61 Å². The van der Waals surface area contributed by atoms with Crippen LogP contribution in [0.15, 0.2) is 36.4 Å². The van der Waals surface area contributed by atoms with Gasteiger partial charge in [0.05, 0.1) is 18.2 Å². The minimum atomic E-state index is -2.96. The van der Waals surface area contributed by atoms with Crippen LogP contribution in [0.1, 0.15) is 46.8 Å². The lowest BCUT2D eigenvalue weighted by atomic mass is 9.99. The number of fused-ring (bicyclic) bond motifs is 1. The molecular weight excluding hydrogens is 444 g/mol. The highest BCUT2D eigenvalue weighted by molar-refractivity contribution is 6.03. The number of halogens is 2. The number of hydrogen-bond donors (Lipinski definition) is 1. The zero-order valence-electron chi connectivity index (χ0n) is 19.2. The molecule has 3 atom stereocenters. The van der Waals surface area contributed by atoms with E-state index in [0.717, 1.165) is 24.0 Å². The van der Waals surface area contributed by atoms with E-state index in [4.69, 9.17) is 19.9 Å². The molecule has 2 heterocycles. The zero-order valence-corrected chi connectivity index (χ0v) is 19.2. The second kappa shape index (κ2) is 9.03. The van der Waals surface area contributed by atoms with E-state index in [1.54, 1.807) is 23.1 Å². The molecule has 2 N–H and O–H groups in total. The van der Waals surface area contributed by atoms with Crippen molar-refractivity contribution in [3.05, 3.63) is 53.1 Å². The van der Waals surface area contributed by atoms with Crippen molar-refractivity contribution in [3.8, 4) is 11.5 Å². The van der Waals surface area contributed by atoms with Gasteiger partial charge in [-0.1, -0.05) is 18.2 Å². The zero-order chi connectivity index (χ0) is 24.0. The second-order valence-electron chi connectivity index (χ2n) is 9.43. The number of likely N-dealkylation sites (N-methyl/N-ethyl adjacent to an activating group) is 1. The molecule has 2 aromatic rings. The summed E-state index contributed by atoms with van der Waals surface area (Å²) in [5.41, 5.74) is 8.74. The Morgan fingerprint density at radius 1 is 1.21 bits per heavy atom. The quantitative estimate of drug-likeness (QED) is 0.415. The number of amides is 1. The molecule has 0 aromatic heterocycles. The number of alkyl halides is 2. The predicted octanol–water partition coefficient (Wildman–Crippen LogP) is 4.03. The van der Waals surface area contributed by atoms with E-state index >= 15 is 0 Å². The first kappa shape index (κ1) is 22.9. The van der Waals surface area contributed by atoms with Crippen molar-refractivity contribution in [1.29, 1.82) is 0 Å². The molecule has 1 aliphatic carbocycles. The Balaban J connectivity index is 1.47. The molecule has 2 aliphatic heterocycles. The number of benzene rings is 2. The SMILES string of the molecule is CN(C)C1OC1CC(c1ccc(OC(F)F)c(OCC2CC2)c1)N1Cc2cccc(N)c2C1=O. The van der Waals surface area contributed by atoms with Crippen molar-refractivity contribution in [2.45, 2.75) is 50.8 Å². The maximum atomic E-state index is 13.4. The lowest BCUT2D eigenvalue weighted by Gasteiger charge is -2.29.